The maximum Gasteiger partial charge on any atom is 0.228 e. The van der Waals surface area contributed by atoms with Crippen molar-refractivity contribution in [3.8, 4) is 0 Å². The van der Waals surface area contributed by atoms with Crippen LogP contribution in [0.4, 0.5) is 5.69 Å². The molecule has 0 bridgehead atoms. The highest BCUT2D eigenvalue weighted by Gasteiger charge is 2.52. The van der Waals surface area contributed by atoms with Crippen LogP contribution in [0.5, 0.6) is 0 Å². The van der Waals surface area contributed by atoms with Crippen LogP contribution in [-0.4, -0.2) is 10.9 Å². The molecule has 1 fully saturated rings. The number of carbonyl (C=O) groups excluding carboxylic acids is 1. The Kier molecular flexibility index (Phi) is 5.04. The fourth-order valence-corrected chi connectivity index (χ4v) is 3.52. The summed E-state index contributed by atoms with van der Waals surface area (Å²) in [6.07, 6.45) is 19.3. The molecule has 0 aromatic carbocycles. The number of nitrogens with one attached hydrogen (secondary N) is 1. The van der Waals surface area contributed by atoms with Crippen molar-refractivity contribution in [3.63, 3.8) is 0 Å². The lowest BCUT2D eigenvalue weighted by molar-refractivity contribution is -0.117. The second kappa shape index (κ2) is 7.39. The molecular weight excluding hydrogens is 272 g/mol. The molecule has 1 aromatic rings. The Morgan fingerprint density at radius 1 is 1.00 bits per heavy atom. The quantitative estimate of drug-likeness (QED) is 0.824. The van der Waals surface area contributed by atoms with Gasteiger partial charge in [-0.2, -0.15) is 0 Å². The van der Waals surface area contributed by atoms with Crippen molar-refractivity contribution < 1.29 is 4.79 Å². The number of rotatable bonds is 2. The molecule has 0 radical (unpaired) electrons. The second-order valence-electron chi connectivity index (χ2n) is 6.26. The van der Waals surface area contributed by atoms with Crippen LogP contribution in [0.1, 0.15) is 38.5 Å². The SMILES string of the molecule is O=C(Nc1cccnc1)C1C2CCC=CCC/C=C/CCC21. The van der Waals surface area contributed by atoms with Gasteiger partial charge < -0.3 is 5.32 Å². The van der Waals surface area contributed by atoms with Crippen LogP contribution in [0.3, 0.4) is 0 Å². The third-order valence-corrected chi connectivity index (χ3v) is 4.73. The van der Waals surface area contributed by atoms with Gasteiger partial charge in [0, 0.05) is 12.1 Å². The Bertz CT molecular complexity index is 526. The molecular formula is C19H24N2O. The van der Waals surface area contributed by atoms with Gasteiger partial charge in [-0.05, 0) is 62.5 Å². The fourth-order valence-electron chi connectivity index (χ4n) is 3.52. The van der Waals surface area contributed by atoms with E-state index in [1.165, 1.54) is 0 Å². The zero-order valence-electron chi connectivity index (χ0n) is 12.9. The summed E-state index contributed by atoms with van der Waals surface area (Å²) in [5, 5.41) is 3.02. The van der Waals surface area contributed by atoms with E-state index < -0.39 is 0 Å². The molecule has 1 heterocycles. The average molecular weight is 296 g/mol. The molecule has 3 unspecified atom stereocenters. The van der Waals surface area contributed by atoms with E-state index in [1.54, 1.807) is 12.4 Å². The average Bonchev–Trinajstić information content (AvgIpc) is 3.21. The topological polar surface area (TPSA) is 42.0 Å². The number of hydrogen-bond donors (Lipinski definition) is 1. The number of hydrogen-bond acceptors (Lipinski definition) is 2. The highest BCUT2D eigenvalue weighted by molar-refractivity contribution is 5.94. The molecule has 3 heteroatoms. The van der Waals surface area contributed by atoms with Gasteiger partial charge in [-0.15, -0.1) is 0 Å². The van der Waals surface area contributed by atoms with Crippen molar-refractivity contribution in [1.82, 2.24) is 4.98 Å². The third-order valence-electron chi connectivity index (χ3n) is 4.73. The Labute approximate surface area is 132 Å². The Morgan fingerprint density at radius 2 is 1.64 bits per heavy atom. The Morgan fingerprint density at radius 3 is 2.23 bits per heavy atom. The van der Waals surface area contributed by atoms with Gasteiger partial charge in [-0.3, -0.25) is 9.78 Å². The van der Waals surface area contributed by atoms with Crippen LogP contribution in [-0.2, 0) is 4.79 Å². The van der Waals surface area contributed by atoms with Crippen LogP contribution < -0.4 is 5.32 Å². The maximum absolute atomic E-state index is 12.5. The zero-order chi connectivity index (χ0) is 15.2. The largest absolute Gasteiger partial charge is 0.324 e. The summed E-state index contributed by atoms with van der Waals surface area (Å²) < 4.78 is 0. The minimum atomic E-state index is 0.172. The third kappa shape index (κ3) is 3.85. The van der Waals surface area contributed by atoms with Gasteiger partial charge in [-0.25, -0.2) is 0 Å². The molecule has 116 valence electrons. The second-order valence-corrected chi connectivity index (χ2v) is 6.26. The number of anilines is 1. The summed E-state index contributed by atoms with van der Waals surface area (Å²) in [6.45, 7) is 0. The molecule has 1 N–H and O–H groups in total. The van der Waals surface area contributed by atoms with Crippen LogP contribution in [0.15, 0.2) is 48.8 Å². The summed E-state index contributed by atoms with van der Waals surface area (Å²) in [5.74, 6) is 1.46. The number of pyridine rings is 1. The minimum Gasteiger partial charge on any atom is -0.324 e. The van der Waals surface area contributed by atoms with Gasteiger partial charge in [0.2, 0.25) is 5.91 Å². The van der Waals surface area contributed by atoms with Crippen LogP contribution in [0.2, 0.25) is 0 Å². The molecule has 2 aliphatic rings. The number of nitrogens with zero attached hydrogens (tertiary/aromatic N) is 1. The van der Waals surface area contributed by atoms with E-state index in [0.29, 0.717) is 11.8 Å². The zero-order valence-corrected chi connectivity index (χ0v) is 12.9. The molecule has 22 heavy (non-hydrogen) atoms. The first kappa shape index (κ1) is 15.0. The van der Waals surface area contributed by atoms with E-state index in [9.17, 15) is 4.79 Å². The van der Waals surface area contributed by atoms with E-state index in [2.05, 4.69) is 34.6 Å². The van der Waals surface area contributed by atoms with Gasteiger partial charge >= 0.3 is 0 Å². The number of aromatic nitrogens is 1. The number of allylic oxidation sites excluding steroid dienone is 4. The summed E-state index contributed by atoms with van der Waals surface area (Å²) in [7, 11) is 0. The highest BCUT2D eigenvalue weighted by Crippen LogP contribution is 2.52. The van der Waals surface area contributed by atoms with Crippen LogP contribution in [0, 0.1) is 17.8 Å². The molecule has 0 saturated heterocycles. The molecule has 3 rings (SSSR count). The first-order chi connectivity index (χ1) is 10.9. The van der Waals surface area contributed by atoms with Crippen molar-refractivity contribution in [1.29, 1.82) is 0 Å². The molecule has 1 saturated carbocycles. The predicted octanol–water partition coefficient (Wildman–Crippen LogP) is 4.35. The van der Waals surface area contributed by atoms with Crippen molar-refractivity contribution in [2.75, 3.05) is 5.32 Å². The van der Waals surface area contributed by atoms with Gasteiger partial charge in [0.15, 0.2) is 0 Å². The summed E-state index contributed by atoms with van der Waals surface area (Å²) in [6, 6.07) is 3.74. The summed E-state index contributed by atoms with van der Waals surface area (Å²) in [5.41, 5.74) is 0.801. The predicted molar refractivity (Wildman–Crippen MR) is 89.3 cm³/mol. The number of amides is 1. The maximum atomic E-state index is 12.5. The first-order valence-electron chi connectivity index (χ1n) is 8.37. The molecule has 1 aromatic heterocycles. The lowest BCUT2D eigenvalue weighted by Crippen LogP contribution is -2.15. The molecule has 1 amide bonds. The van der Waals surface area contributed by atoms with Gasteiger partial charge in [0.25, 0.3) is 0 Å². The lowest BCUT2D eigenvalue weighted by Gasteiger charge is -2.03. The first-order valence-corrected chi connectivity index (χ1v) is 8.37. The van der Waals surface area contributed by atoms with E-state index in [-0.39, 0.29) is 11.8 Å². The smallest absolute Gasteiger partial charge is 0.228 e. The number of fused-ring (bicyclic) bond motifs is 1. The van der Waals surface area contributed by atoms with Gasteiger partial charge in [0.05, 0.1) is 11.9 Å². The van der Waals surface area contributed by atoms with Gasteiger partial charge in [0.1, 0.15) is 0 Å². The number of carbonyl (C=O) groups is 1. The van der Waals surface area contributed by atoms with E-state index in [0.717, 1.165) is 44.2 Å². The molecule has 0 spiro atoms. The lowest BCUT2D eigenvalue weighted by atomic mass is 10.1. The van der Waals surface area contributed by atoms with E-state index >= 15 is 0 Å². The van der Waals surface area contributed by atoms with Crippen molar-refractivity contribution in [2.24, 2.45) is 17.8 Å². The summed E-state index contributed by atoms with van der Waals surface area (Å²) in [4.78, 5) is 16.5. The highest BCUT2D eigenvalue weighted by atomic mass is 16.2. The van der Waals surface area contributed by atoms with Crippen molar-refractivity contribution >= 4 is 11.6 Å². The molecule has 3 atom stereocenters. The minimum absolute atomic E-state index is 0.172. The molecule has 2 aliphatic carbocycles. The Balaban J connectivity index is 1.60. The van der Waals surface area contributed by atoms with Crippen molar-refractivity contribution in [3.05, 3.63) is 48.8 Å². The fraction of sp³-hybridized carbons (Fsp3) is 0.474. The van der Waals surface area contributed by atoms with E-state index in [1.807, 2.05) is 12.1 Å². The molecule has 0 aliphatic heterocycles. The standard InChI is InChI=1S/C19H24N2O/c22-19(21-15-10-9-13-20-14-15)18-16-11-7-5-3-1-2-4-6-8-12-17(16)18/h3-6,9-10,13-14,16-18H,1-2,7-8,11-12H2,(H,21,22)/b5-3+,6-4?. The van der Waals surface area contributed by atoms with Crippen LogP contribution >= 0.6 is 0 Å². The Hall–Kier alpha value is -1.90. The van der Waals surface area contributed by atoms with E-state index in [4.69, 9.17) is 0 Å². The molecule has 3 nitrogen and oxygen atoms in total. The summed E-state index contributed by atoms with van der Waals surface area (Å²) >= 11 is 0. The van der Waals surface area contributed by atoms with Gasteiger partial charge in [-0.1, -0.05) is 24.3 Å². The normalized spacial score (nSPS) is 29.5. The van der Waals surface area contributed by atoms with Crippen LogP contribution in [0.25, 0.3) is 0 Å². The van der Waals surface area contributed by atoms with Crippen molar-refractivity contribution in [2.45, 2.75) is 38.5 Å². The monoisotopic (exact) mass is 296 g/mol.